The first kappa shape index (κ1) is 12.3. The van der Waals surface area contributed by atoms with Gasteiger partial charge in [0.05, 0.1) is 0 Å². The Hall–Kier alpha value is -0.726. The normalized spacial score (nSPS) is 18.9. The van der Waals surface area contributed by atoms with Crippen LogP contribution in [-0.4, -0.2) is 26.7 Å². The zero-order chi connectivity index (χ0) is 11.5. The lowest BCUT2D eigenvalue weighted by molar-refractivity contribution is 0.333. The molecule has 0 aliphatic heterocycles. The topological polar surface area (TPSA) is 49.7 Å². The fourth-order valence-electron chi connectivity index (χ4n) is 1.25. The highest BCUT2D eigenvalue weighted by atomic mass is 28.5. The third-order valence-electron chi connectivity index (χ3n) is 2.09. The predicted octanol–water partition coefficient (Wildman–Crippen LogP) is 0.764. The van der Waals surface area contributed by atoms with Crippen LogP contribution in [0.3, 0.4) is 0 Å². The van der Waals surface area contributed by atoms with Crippen LogP contribution in [-0.2, 0) is 4.12 Å². The Kier molecular flexibility index (Phi) is 3.64. The SMILES string of the molecule is C=C[Si](C)(O)O[Si](C)(O)c1ccccc1. The summed E-state index contributed by atoms with van der Waals surface area (Å²) >= 11 is 0. The maximum absolute atomic E-state index is 10.2. The summed E-state index contributed by atoms with van der Waals surface area (Å²) in [5.74, 6) is 0. The molecule has 0 amide bonds. The summed E-state index contributed by atoms with van der Waals surface area (Å²) < 4.78 is 5.43. The van der Waals surface area contributed by atoms with E-state index < -0.39 is 17.1 Å². The van der Waals surface area contributed by atoms with Gasteiger partial charge in [0.2, 0.25) is 0 Å². The van der Waals surface area contributed by atoms with Crippen LogP contribution < -0.4 is 5.19 Å². The molecule has 0 heterocycles. The zero-order valence-electron chi connectivity index (χ0n) is 8.97. The molecule has 0 radical (unpaired) electrons. The van der Waals surface area contributed by atoms with Gasteiger partial charge in [-0.3, -0.25) is 0 Å². The molecule has 0 saturated carbocycles. The molecule has 3 nitrogen and oxygen atoms in total. The van der Waals surface area contributed by atoms with Gasteiger partial charge >= 0.3 is 17.1 Å². The second-order valence-electron chi connectivity index (χ2n) is 3.71. The molecule has 0 bridgehead atoms. The van der Waals surface area contributed by atoms with Crippen molar-refractivity contribution in [1.29, 1.82) is 0 Å². The first-order valence-electron chi connectivity index (χ1n) is 4.71. The van der Waals surface area contributed by atoms with Gasteiger partial charge in [0.25, 0.3) is 0 Å². The summed E-state index contributed by atoms with van der Waals surface area (Å²) in [5, 5.41) is 0.750. The maximum Gasteiger partial charge on any atom is 0.358 e. The minimum absolute atomic E-state index is 0.750. The maximum atomic E-state index is 10.2. The van der Waals surface area contributed by atoms with Crippen LogP contribution in [0.4, 0.5) is 0 Å². The number of benzene rings is 1. The van der Waals surface area contributed by atoms with E-state index in [1.807, 2.05) is 18.2 Å². The van der Waals surface area contributed by atoms with Crippen molar-refractivity contribution in [3.8, 4) is 0 Å². The molecule has 1 aromatic rings. The van der Waals surface area contributed by atoms with Crippen molar-refractivity contribution in [3.63, 3.8) is 0 Å². The third-order valence-corrected chi connectivity index (χ3v) is 7.50. The molecule has 82 valence electrons. The average molecular weight is 240 g/mol. The van der Waals surface area contributed by atoms with Gasteiger partial charge in [-0.05, 0) is 18.3 Å². The highest BCUT2D eigenvalue weighted by Crippen LogP contribution is 2.10. The van der Waals surface area contributed by atoms with Crippen LogP contribution in [0.25, 0.3) is 0 Å². The molecule has 2 N–H and O–H groups in total. The first-order valence-corrected chi connectivity index (χ1v) is 9.50. The molecule has 5 heteroatoms. The van der Waals surface area contributed by atoms with Crippen LogP contribution in [0.2, 0.25) is 13.1 Å². The molecule has 2 unspecified atom stereocenters. The summed E-state index contributed by atoms with van der Waals surface area (Å²) in [6.07, 6.45) is 0. The molecular weight excluding hydrogens is 224 g/mol. The van der Waals surface area contributed by atoms with E-state index in [9.17, 15) is 9.59 Å². The summed E-state index contributed by atoms with van der Waals surface area (Å²) in [5.41, 5.74) is 1.40. The van der Waals surface area contributed by atoms with Gasteiger partial charge in [-0.1, -0.05) is 36.0 Å². The van der Waals surface area contributed by atoms with Crippen molar-refractivity contribution >= 4 is 22.3 Å². The van der Waals surface area contributed by atoms with Crippen LogP contribution in [0, 0.1) is 0 Å². The van der Waals surface area contributed by atoms with Crippen LogP contribution in [0.5, 0.6) is 0 Å². The van der Waals surface area contributed by atoms with Gasteiger partial charge in [-0.15, -0.1) is 6.58 Å². The van der Waals surface area contributed by atoms with E-state index in [1.54, 1.807) is 25.2 Å². The van der Waals surface area contributed by atoms with E-state index in [4.69, 9.17) is 4.12 Å². The highest BCUT2D eigenvalue weighted by Gasteiger charge is 2.38. The van der Waals surface area contributed by atoms with Crippen molar-refractivity contribution in [2.75, 3.05) is 0 Å². The first-order chi connectivity index (χ1) is 6.87. The molecule has 0 aromatic heterocycles. The summed E-state index contributed by atoms with van der Waals surface area (Å²) in [6, 6.07) is 9.16. The number of rotatable bonds is 4. The molecular formula is C10H16O3Si2. The van der Waals surface area contributed by atoms with Gasteiger partial charge in [-0.2, -0.15) is 0 Å². The minimum atomic E-state index is -3.00. The van der Waals surface area contributed by atoms with E-state index in [0.717, 1.165) is 5.19 Å². The Bertz CT molecular complexity index is 336. The lowest BCUT2D eigenvalue weighted by Crippen LogP contribution is -2.55. The molecule has 0 aliphatic carbocycles. The van der Waals surface area contributed by atoms with E-state index >= 15 is 0 Å². The lowest BCUT2D eigenvalue weighted by atomic mass is 10.4. The molecule has 1 aromatic carbocycles. The van der Waals surface area contributed by atoms with Crippen LogP contribution in [0.1, 0.15) is 0 Å². The monoisotopic (exact) mass is 240 g/mol. The standard InChI is InChI=1S/C10H16O3Si2/c1-4-14(2,11)13-15(3,12)10-8-6-5-7-9-10/h4-9,11-12H,1H2,2-3H3. The molecule has 0 spiro atoms. The molecule has 15 heavy (non-hydrogen) atoms. The summed E-state index contributed by atoms with van der Waals surface area (Å²) in [6.45, 7) is 6.74. The second-order valence-corrected chi connectivity index (χ2v) is 9.59. The van der Waals surface area contributed by atoms with Crippen LogP contribution >= 0.6 is 0 Å². The third kappa shape index (κ3) is 3.40. The highest BCUT2D eigenvalue weighted by molar-refractivity contribution is 6.88. The predicted molar refractivity (Wildman–Crippen MR) is 65.0 cm³/mol. The second kappa shape index (κ2) is 4.42. The Morgan fingerprint density at radius 2 is 1.73 bits per heavy atom. The zero-order valence-corrected chi connectivity index (χ0v) is 11.0. The smallest absolute Gasteiger partial charge is 0.358 e. The van der Waals surface area contributed by atoms with Gasteiger partial charge in [0.15, 0.2) is 0 Å². The van der Waals surface area contributed by atoms with Gasteiger partial charge in [0, 0.05) is 0 Å². The summed E-state index contributed by atoms with van der Waals surface area (Å²) in [4.78, 5) is 20.0. The van der Waals surface area contributed by atoms with E-state index in [2.05, 4.69) is 6.58 Å². The Morgan fingerprint density at radius 1 is 1.20 bits per heavy atom. The Balaban J connectivity index is 2.89. The van der Waals surface area contributed by atoms with Crippen molar-refractivity contribution in [1.82, 2.24) is 0 Å². The molecule has 2 atom stereocenters. The Labute approximate surface area is 92.2 Å². The van der Waals surface area contributed by atoms with Gasteiger partial charge < -0.3 is 13.7 Å². The number of hydrogen-bond acceptors (Lipinski definition) is 3. The largest absolute Gasteiger partial charge is 0.408 e. The van der Waals surface area contributed by atoms with Gasteiger partial charge in [-0.25, -0.2) is 0 Å². The van der Waals surface area contributed by atoms with E-state index in [-0.39, 0.29) is 0 Å². The van der Waals surface area contributed by atoms with E-state index in [1.165, 1.54) is 5.70 Å². The van der Waals surface area contributed by atoms with Crippen molar-refractivity contribution in [2.24, 2.45) is 0 Å². The van der Waals surface area contributed by atoms with Crippen molar-refractivity contribution in [2.45, 2.75) is 13.1 Å². The molecule has 1 rings (SSSR count). The average Bonchev–Trinajstić information content (AvgIpc) is 2.18. The van der Waals surface area contributed by atoms with Gasteiger partial charge in [0.1, 0.15) is 0 Å². The molecule has 0 aliphatic rings. The molecule has 0 saturated heterocycles. The molecule has 0 fully saturated rings. The van der Waals surface area contributed by atoms with Crippen molar-refractivity contribution in [3.05, 3.63) is 42.6 Å². The summed E-state index contributed by atoms with van der Waals surface area (Å²) in [7, 11) is -5.92. The van der Waals surface area contributed by atoms with Crippen molar-refractivity contribution < 1.29 is 13.7 Å². The fourth-order valence-corrected chi connectivity index (χ4v) is 6.08. The number of hydrogen-bond donors (Lipinski definition) is 2. The minimum Gasteiger partial charge on any atom is -0.408 e. The lowest BCUT2D eigenvalue weighted by Gasteiger charge is -2.27. The Morgan fingerprint density at radius 3 is 2.20 bits per heavy atom. The fraction of sp³-hybridized carbons (Fsp3) is 0.200. The van der Waals surface area contributed by atoms with E-state index in [0.29, 0.717) is 0 Å². The van der Waals surface area contributed by atoms with Crippen LogP contribution in [0.15, 0.2) is 42.6 Å². The quantitative estimate of drug-likeness (QED) is 0.764.